The van der Waals surface area contributed by atoms with Crippen LogP contribution in [0.1, 0.15) is 5.56 Å². The molecule has 2 rings (SSSR count). The summed E-state index contributed by atoms with van der Waals surface area (Å²) in [5.41, 5.74) is -1.14. The highest BCUT2D eigenvalue weighted by Crippen LogP contribution is 2.36. The summed E-state index contributed by atoms with van der Waals surface area (Å²) in [4.78, 5) is 11.5. The normalized spacial score (nSPS) is 11.1. The Labute approximate surface area is 127 Å². The van der Waals surface area contributed by atoms with Crippen molar-refractivity contribution in [2.45, 2.75) is 6.18 Å². The van der Waals surface area contributed by atoms with Crippen molar-refractivity contribution in [2.24, 2.45) is 0 Å². The van der Waals surface area contributed by atoms with E-state index in [0.717, 1.165) is 24.3 Å². The van der Waals surface area contributed by atoms with Gasteiger partial charge in [-0.05, 0) is 42.5 Å². The van der Waals surface area contributed by atoms with Crippen LogP contribution in [-0.2, 0) is 6.18 Å². The molecule has 0 aromatic heterocycles. The Kier molecular flexibility index (Phi) is 4.56. The van der Waals surface area contributed by atoms with Crippen LogP contribution >= 0.6 is 11.6 Å². The second-order valence-electron chi connectivity index (χ2n) is 4.05. The zero-order valence-corrected chi connectivity index (χ0v) is 11.4. The highest BCUT2D eigenvalue weighted by atomic mass is 35.5. The van der Waals surface area contributed by atoms with Crippen LogP contribution in [0.3, 0.4) is 0 Å². The highest BCUT2D eigenvalue weighted by molar-refractivity contribution is 6.31. The summed E-state index contributed by atoms with van der Waals surface area (Å²) in [5.74, 6) is -0.937. The van der Waals surface area contributed by atoms with E-state index in [4.69, 9.17) is 11.6 Å². The molecule has 3 nitrogen and oxygen atoms in total. The number of hydrogen-bond acceptors (Lipinski definition) is 3. The number of carbonyl (C=O) groups excluding carboxylic acids is 1. The van der Waals surface area contributed by atoms with Crippen LogP contribution in [0, 0.1) is 5.82 Å². The number of hydrogen-bond donors (Lipinski definition) is 0. The molecule has 2 aromatic rings. The lowest BCUT2D eigenvalue weighted by molar-refractivity contribution is -0.137. The van der Waals surface area contributed by atoms with E-state index in [-0.39, 0.29) is 11.5 Å². The van der Waals surface area contributed by atoms with E-state index in [1.165, 1.54) is 12.1 Å². The quantitative estimate of drug-likeness (QED) is 0.436. The monoisotopic (exact) mass is 334 g/mol. The van der Waals surface area contributed by atoms with Crippen LogP contribution in [0.15, 0.2) is 42.5 Å². The van der Waals surface area contributed by atoms with Gasteiger partial charge in [-0.25, -0.2) is 9.18 Å². The van der Waals surface area contributed by atoms with Gasteiger partial charge in [0.15, 0.2) is 0 Å². The molecule has 0 radical (unpaired) electrons. The van der Waals surface area contributed by atoms with Gasteiger partial charge in [0.1, 0.15) is 17.3 Å². The second kappa shape index (κ2) is 6.23. The zero-order valence-electron chi connectivity index (χ0n) is 10.7. The van der Waals surface area contributed by atoms with E-state index in [9.17, 15) is 22.4 Å². The fourth-order valence-electron chi connectivity index (χ4n) is 1.50. The van der Waals surface area contributed by atoms with Gasteiger partial charge in [-0.3, -0.25) is 0 Å². The smallest absolute Gasteiger partial charge is 0.395 e. The van der Waals surface area contributed by atoms with Gasteiger partial charge in [-0.2, -0.15) is 13.2 Å². The molecule has 0 saturated heterocycles. The molecule has 0 unspecified atom stereocenters. The minimum Gasteiger partial charge on any atom is -0.395 e. The van der Waals surface area contributed by atoms with E-state index >= 15 is 0 Å². The first-order valence-corrected chi connectivity index (χ1v) is 6.15. The summed E-state index contributed by atoms with van der Waals surface area (Å²) in [6, 6.07) is 7.04. The third-order valence-electron chi connectivity index (χ3n) is 2.46. The van der Waals surface area contributed by atoms with Crippen molar-refractivity contribution in [3.63, 3.8) is 0 Å². The van der Waals surface area contributed by atoms with Crippen molar-refractivity contribution in [2.75, 3.05) is 0 Å². The lowest BCUT2D eigenvalue weighted by atomic mass is 10.2. The molecular formula is C14H7ClF4O3. The van der Waals surface area contributed by atoms with E-state index < -0.39 is 28.7 Å². The Balaban J connectivity index is 2.10. The van der Waals surface area contributed by atoms with Crippen LogP contribution in [0.2, 0.25) is 5.02 Å². The zero-order chi connectivity index (χ0) is 16.3. The first-order valence-electron chi connectivity index (χ1n) is 5.77. The Bertz CT molecular complexity index is 683. The molecule has 2 aromatic carbocycles. The van der Waals surface area contributed by atoms with Crippen LogP contribution in [0.4, 0.5) is 22.4 Å². The van der Waals surface area contributed by atoms with Crippen molar-refractivity contribution < 1.29 is 31.8 Å². The molecule has 22 heavy (non-hydrogen) atoms. The van der Waals surface area contributed by atoms with E-state index in [1.54, 1.807) is 0 Å². The molecule has 0 bridgehead atoms. The van der Waals surface area contributed by atoms with Gasteiger partial charge in [0, 0.05) is 0 Å². The summed E-state index contributed by atoms with van der Waals surface area (Å²) in [6.45, 7) is 0. The number of ether oxygens (including phenoxy) is 2. The Morgan fingerprint density at radius 3 is 2.09 bits per heavy atom. The first-order chi connectivity index (χ1) is 10.3. The number of carbonyl (C=O) groups is 1. The molecule has 0 aliphatic carbocycles. The topological polar surface area (TPSA) is 35.5 Å². The molecule has 0 aliphatic heterocycles. The van der Waals surface area contributed by atoms with Gasteiger partial charge in [0.05, 0.1) is 10.6 Å². The fourth-order valence-corrected chi connectivity index (χ4v) is 1.73. The lowest BCUT2D eigenvalue weighted by Gasteiger charge is -2.11. The van der Waals surface area contributed by atoms with E-state index in [0.29, 0.717) is 6.07 Å². The molecule has 0 amide bonds. The van der Waals surface area contributed by atoms with Crippen molar-refractivity contribution >= 4 is 17.8 Å². The predicted octanol–water partition coefficient (Wildman–Crippen LogP) is 5.08. The number of halogens is 5. The Hall–Kier alpha value is -2.28. The average Bonchev–Trinajstić information content (AvgIpc) is 2.42. The second-order valence-corrected chi connectivity index (χ2v) is 4.45. The molecule has 0 saturated carbocycles. The van der Waals surface area contributed by atoms with Crippen LogP contribution in [-0.4, -0.2) is 6.16 Å². The lowest BCUT2D eigenvalue weighted by Crippen LogP contribution is -2.14. The number of rotatable bonds is 2. The van der Waals surface area contributed by atoms with Gasteiger partial charge in [0.25, 0.3) is 0 Å². The predicted molar refractivity (Wildman–Crippen MR) is 69.5 cm³/mol. The van der Waals surface area contributed by atoms with Crippen LogP contribution < -0.4 is 9.47 Å². The summed E-state index contributed by atoms with van der Waals surface area (Å²) < 4.78 is 60.0. The molecular weight excluding hydrogens is 328 g/mol. The van der Waals surface area contributed by atoms with Gasteiger partial charge in [0.2, 0.25) is 0 Å². The van der Waals surface area contributed by atoms with E-state index in [2.05, 4.69) is 9.47 Å². The maximum absolute atomic E-state index is 12.7. The van der Waals surface area contributed by atoms with Crippen LogP contribution in [0.5, 0.6) is 11.5 Å². The fraction of sp³-hybridized carbons (Fsp3) is 0.0714. The molecule has 0 fully saturated rings. The van der Waals surface area contributed by atoms with Crippen molar-refractivity contribution in [3.05, 3.63) is 58.9 Å². The molecule has 8 heteroatoms. The van der Waals surface area contributed by atoms with Crippen molar-refractivity contribution in [1.29, 1.82) is 0 Å². The minimum absolute atomic E-state index is 0.0172. The maximum atomic E-state index is 12.7. The third-order valence-corrected chi connectivity index (χ3v) is 2.79. The Morgan fingerprint density at radius 1 is 0.955 bits per heavy atom. The molecule has 0 spiro atoms. The minimum atomic E-state index is -4.68. The van der Waals surface area contributed by atoms with Crippen LogP contribution in [0.25, 0.3) is 0 Å². The molecule has 116 valence electrons. The summed E-state index contributed by atoms with van der Waals surface area (Å²) in [5, 5.41) is -0.522. The highest BCUT2D eigenvalue weighted by Gasteiger charge is 2.33. The standard InChI is InChI=1S/C14H7ClF4O3/c15-12-6-5-10(7-11(12)14(17,18)19)22-13(20)21-9-3-1-8(16)2-4-9/h1-7H. The summed E-state index contributed by atoms with van der Waals surface area (Å²) in [7, 11) is 0. The largest absolute Gasteiger partial charge is 0.519 e. The molecule has 0 atom stereocenters. The molecule has 0 heterocycles. The summed E-state index contributed by atoms with van der Waals surface area (Å²) >= 11 is 5.43. The van der Waals surface area contributed by atoms with Gasteiger partial charge in [-0.15, -0.1) is 0 Å². The molecule has 0 N–H and O–H groups in total. The average molecular weight is 335 g/mol. The maximum Gasteiger partial charge on any atom is 0.519 e. The Morgan fingerprint density at radius 2 is 1.50 bits per heavy atom. The van der Waals surface area contributed by atoms with Crippen molar-refractivity contribution in [3.8, 4) is 11.5 Å². The number of benzene rings is 2. The SMILES string of the molecule is O=C(Oc1ccc(F)cc1)Oc1ccc(Cl)c(C(F)(F)F)c1. The third kappa shape index (κ3) is 4.11. The molecule has 0 aliphatic rings. The van der Waals surface area contributed by atoms with Crippen molar-refractivity contribution in [1.82, 2.24) is 0 Å². The van der Waals surface area contributed by atoms with E-state index in [1.807, 2.05) is 0 Å². The van der Waals surface area contributed by atoms with Gasteiger partial charge >= 0.3 is 12.3 Å². The van der Waals surface area contributed by atoms with Gasteiger partial charge in [-0.1, -0.05) is 11.6 Å². The first kappa shape index (κ1) is 16.1. The van der Waals surface area contributed by atoms with Gasteiger partial charge < -0.3 is 9.47 Å². The number of alkyl halides is 3. The summed E-state index contributed by atoms with van der Waals surface area (Å²) in [6.07, 6.45) is -5.95.